The van der Waals surface area contributed by atoms with Crippen LogP contribution in [0.2, 0.25) is 0 Å². The third-order valence-corrected chi connectivity index (χ3v) is 4.63. The molecule has 0 spiro atoms. The highest BCUT2D eigenvalue weighted by molar-refractivity contribution is 7.18. The summed E-state index contributed by atoms with van der Waals surface area (Å²) in [5.74, 6) is 0.135. The maximum Gasteiger partial charge on any atom is 0.341 e. The summed E-state index contributed by atoms with van der Waals surface area (Å²) in [5, 5.41) is 3.01. The Bertz CT molecular complexity index is 801. The summed E-state index contributed by atoms with van der Waals surface area (Å²) < 4.78 is 15.4. The van der Waals surface area contributed by atoms with Crippen LogP contribution in [0.3, 0.4) is 0 Å². The first-order valence-electron chi connectivity index (χ1n) is 7.52. The summed E-state index contributed by atoms with van der Waals surface area (Å²) in [6.45, 7) is 3.60. The highest BCUT2D eigenvalue weighted by Crippen LogP contribution is 2.34. The third-order valence-electron chi connectivity index (χ3n) is 3.51. The van der Waals surface area contributed by atoms with Gasteiger partial charge in [0, 0.05) is 6.07 Å². The topological polar surface area (TPSA) is 99.9 Å². The van der Waals surface area contributed by atoms with E-state index in [2.05, 4.69) is 5.32 Å². The second-order valence-electron chi connectivity index (χ2n) is 5.04. The molecule has 0 aliphatic rings. The quantitative estimate of drug-likeness (QED) is 0.764. The van der Waals surface area contributed by atoms with Crippen LogP contribution in [0.15, 0.2) is 18.2 Å². The lowest BCUT2D eigenvalue weighted by molar-refractivity contribution is 0.0527. The Morgan fingerprint density at radius 1 is 1.24 bits per heavy atom. The fraction of sp³-hybridized carbons (Fsp3) is 0.294. The van der Waals surface area contributed by atoms with E-state index < -0.39 is 11.9 Å². The smallest absolute Gasteiger partial charge is 0.341 e. The Hall–Kier alpha value is -2.74. The monoisotopic (exact) mass is 364 g/mol. The first-order chi connectivity index (χ1) is 11.9. The number of hydrogen-bond acceptors (Lipinski definition) is 7. The molecule has 1 amide bonds. The highest BCUT2D eigenvalue weighted by Gasteiger charge is 2.24. The zero-order valence-electron chi connectivity index (χ0n) is 14.5. The molecule has 25 heavy (non-hydrogen) atoms. The van der Waals surface area contributed by atoms with E-state index in [4.69, 9.17) is 19.9 Å². The summed E-state index contributed by atoms with van der Waals surface area (Å²) >= 11 is 1.04. The van der Waals surface area contributed by atoms with E-state index >= 15 is 0 Å². The lowest BCUT2D eigenvalue weighted by atomic mass is 10.1. The number of anilines is 2. The van der Waals surface area contributed by atoms with Crippen LogP contribution in [0.25, 0.3) is 0 Å². The van der Waals surface area contributed by atoms with Crippen LogP contribution < -0.4 is 20.5 Å². The van der Waals surface area contributed by atoms with Gasteiger partial charge in [0.25, 0.3) is 5.91 Å². The molecule has 0 fully saturated rings. The van der Waals surface area contributed by atoms with E-state index in [1.165, 1.54) is 14.2 Å². The van der Waals surface area contributed by atoms with Crippen LogP contribution in [0.5, 0.6) is 11.5 Å². The first-order valence-corrected chi connectivity index (χ1v) is 8.33. The Labute approximate surface area is 149 Å². The molecule has 1 heterocycles. The normalized spacial score (nSPS) is 10.2. The van der Waals surface area contributed by atoms with E-state index in [1.807, 2.05) is 0 Å². The van der Waals surface area contributed by atoms with E-state index in [0.29, 0.717) is 27.6 Å². The molecule has 134 valence electrons. The summed E-state index contributed by atoms with van der Waals surface area (Å²) in [5.41, 5.74) is 7.07. The van der Waals surface area contributed by atoms with Crippen LogP contribution in [-0.4, -0.2) is 32.7 Å². The van der Waals surface area contributed by atoms with Crippen molar-refractivity contribution in [1.29, 1.82) is 0 Å². The van der Waals surface area contributed by atoms with Gasteiger partial charge in [-0.1, -0.05) is 0 Å². The molecule has 8 heteroatoms. The fourth-order valence-electron chi connectivity index (χ4n) is 2.30. The second kappa shape index (κ2) is 7.89. The largest absolute Gasteiger partial charge is 0.497 e. The van der Waals surface area contributed by atoms with E-state index in [0.717, 1.165) is 11.3 Å². The van der Waals surface area contributed by atoms with Crippen molar-refractivity contribution < 1.29 is 23.8 Å². The van der Waals surface area contributed by atoms with E-state index in [1.54, 1.807) is 32.0 Å². The minimum absolute atomic E-state index is 0.231. The van der Waals surface area contributed by atoms with Crippen molar-refractivity contribution in [2.24, 2.45) is 0 Å². The highest BCUT2D eigenvalue weighted by atomic mass is 32.1. The van der Waals surface area contributed by atoms with Crippen LogP contribution >= 0.6 is 11.3 Å². The molecule has 1 aromatic carbocycles. The molecule has 0 unspecified atom stereocenters. The molecule has 1 aromatic heterocycles. The zero-order chi connectivity index (χ0) is 18.6. The van der Waals surface area contributed by atoms with Gasteiger partial charge in [0.1, 0.15) is 16.5 Å². The molecule has 2 rings (SSSR count). The van der Waals surface area contributed by atoms with Crippen molar-refractivity contribution in [3.05, 3.63) is 34.2 Å². The number of carbonyl (C=O) groups excluding carboxylic acids is 2. The number of esters is 1. The maximum absolute atomic E-state index is 12.6. The molecule has 3 N–H and O–H groups in total. The molecule has 0 aliphatic carbocycles. The van der Waals surface area contributed by atoms with Crippen molar-refractivity contribution in [3.63, 3.8) is 0 Å². The standard InChI is InChI=1S/C17H20N2O5S/c1-5-24-17(21)13-9(2)14(25-15(13)18)16(20)19-11-8-10(22-3)6-7-12(11)23-4/h6-8H,5,18H2,1-4H3,(H,19,20). The first kappa shape index (κ1) is 18.6. The number of hydrogen-bond donors (Lipinski definition) is 2. The summed E-state index contributed by atoms with van der Waals surface area (Å²) in [6.07, 6.45) is 0. The lowest BCUT2D eigenvalue weighted by Gasteiger charge is -2.11. The van der Waals surface area contributed by atoms with Gasteiger partial charge in [0.15, 0.2) is 0 Å². The zero-order valence-corrected chi connectivity index (χ0v) is 15.3. The molecular weight excluding hydrogens is 344 g/mol. The molecule has 0 saturated carbocycles. The Morgan fingerprint density at radius 3 is 2.56 bits per heavy atom. The molecule has 0 atom stereocenters. The number of nitrogens with one attached hydrogen (secondary N) is 1. The minimum atomic E-state index is -0.535. The molecule has 0 bridgehead atoms. The molecule has 0 radical (unpaired) electrons. The maximum atomic E-state index is 12.6. The number of methoxy groups -OCH3 is 2. The number of nitrogen functional groups attached to an aromatic ring is 1. The van der Waals surface area contributed by atoms with Crippen LogP contribution in [0.4, 0.5) is 10.7 Å². The van der Waals surface area contributed by atoms with Gasteiger partial charge in [-0.2, -0.15) is 0 Å². The van der Waals surface area contributed by atoms with Crippen LogP contribution in [-0.2, 0) is 4.74 Å². The van der Waals surface area contributed by atoms with Gasteiger partial charge in [-0.05, 0) is 31.5 Å². The lowest BCUT2D eigenvalue weighted by Crippen LogP contribution is -2.13. The van der Waals surface area contributed by atoms with Gasteiger partial charge in [0.05, 0.1) is 37.0 Å². The SMILES string of the molecule is CCOC(=O)c1c(N)sc(C(=O)Nc2cc(OC)ccc2OC)c1C. The molecular formula is C17H20N2O5S. The average molecular weight is 364 g/mol. The number of nitrogens with two attached hydrogens (primary N) is 1. The summed E-state index contributed by atoms with van der Waals surface area (Å²) in [6, 6.07) is 5.06. The Kier molecular flexibility index (Phi) is 5.87. The molecule has 0 aliphatic heterocycles. The van der Waals surface area contributed by atoms with E-state index in [-0.39, 0.29) is 17.2 Å². The van der Waals surface area contributed by atoms with Gasteiger partial charge in [-0.3, -0.25) is 4.79 Å². The predicted molar refractivity (Wildman–Crippen MR) is 96.9 cm³/mol. The number of rotatable bonds is 6. The molecule has 7 nitrogen and oxygen atoms in total. The number of thiophene rings is 1. The Morgan fingerprint density at radius 2 is 1.96 bits per heavy atom. The van der Waals surface area contributed by atoms with Crippen molar-refractivity contribution >= 4 is 33.9 Å². The summed E-state index contributed by atoms with van der Waals surface area (Å²) in [7, 11) is 3.04. The number of ether oxygens (including phenoxy) is 3. The van der Waals surface area contributed by atoms with Crippen molar-refractivity contribution in [2.75, 3.05) is 31.9 Å². The van der Waals surface area contributed by atoms with E-state index in [9.17, 15) is 9.59 Å². The van der Waals surface area contributed by atoms with Gasteiger partial charge in [-0.25, -0.2) is 4.79 Å². The van der Waals surface area contributed by atoms with Crippen molar-refractivity contribution in [1.82, 2.24) is 0 Å². The number of benzene rings is 1. The van der Waals surface area contributed by atoms with Gasteiger partial charge in [0.2, 0.25) is 0 Å². The molecule has 2 aromatic rings. The van der Waals surface area contributed by atoms with Crippen molar-refractivity contribution in [3.8, 4) is 11.5 Å². The fourth-order valence-corrected chi connectivity index (χ4v) is 3.26. The van der Waals surface area contributed by atoms with Crippen LogP contribution in [0.1, 0.15) is 32.5 Å². The van der Waals surface area contributed by atoms with Gasteiger partial charge < -0.3 is 25.3 Å². The summed E-state index contributed by atoms with van der Waals surface area (Å²) in [4.78, 5) is 25.0. The number of carbonyl (C=O) groups is 2. The average Bonchev–Trinajstić information content (AvgIpc) is 2.89. The second-order valence-corrected chi connectivity index (χ2v) is 6.09. The Balaban J connectivity index is 2.34. The van der Waals surface area contributed by atoms with Crippen molar-refractivity contribution in [2.45, 2.75) is 13.8 Å². The minimum Gasteiger partial charge on any atom is -0.497 e. The third kappa shape index (κ3) is 3.85. The molecule has 0 saturated heterocycles. The van der Waals surface area contributed by atoms with Crippen LogP contribution in [0, 0.1) is 6.92 Å². The van der Waals surface area contributed by atoms with Gasteiger partial charge >= 0.3 is 5.97 Å². The number of amides is 1. The van der Waals surface area contributed by atoms with Gasteiger partial charge in [-0.15, -0.1) is 11.3 Å². The predicted octanol–water partition coefficient (Wildman–Crippen LogP) is 3.08.